The van der Waals surface area contributed by atoms with Crippen LogP contribution in [0.15, 0.2) is 48.0 Å². The number of thiazole rings is 1. The summed E-state index contributed by atoms with van der Waals surface area (Å²) in [7, 11) is 0. The van der Waals surface area contributed by atoms with Gasteiger partial charge in [0.2, 0.25) is 5.91 Å². The fourth-order valence-electron chi connectivity index (χ4n) is 2.40. The van der Waals surface area contributed by atoms with Crippen LogP contribution in [0.5, 0.6) is 0 Å². The predicted octanol–water partition coefficient (Wildman–Crippen LogP) is 3.91. The molecule has 0 aliphatic rings. The molecule has 1 N–H and O–H groups in total. The largest absolute Gasteiger partial charge is 0.307 e. The first-order valence-corrected chi connectivity index (χ1v) is 9.03. The van der Waals surface area contributed by atoms with Gasteiger partial charge in [-0.1, -0.05) is 31.2 Å². The molecule has 6 heteroatoms. The molecule has 0 spiro atoms. The summed E-state index contributed by atoms with van der Waals surface area (Å²) in [4.78, 5) is 16.4. The highest BCUT2D eigenvalue weighted by molar-refractivity contribution is 7.09. The lowest BCUT2D eigenvalue weighted by atomic mass is 10.1. The number of aryl methyl sites for hydroxylation is 2. The topological polar surface area (TPSA) is 59.8 Å². The molecule has 1 amide bonds. The van der Waals surface area contributed by atoms with Crippen molar-refractivity contribution in [2.75, 3.05) is 5.32 Å². The van der Waals surface area contributed by atoms with Crippen molar-refractivity contribution in [3.8, 4) is 0 Å². The highest BCUT2D eigenvalue weighted by Gasteiger charge is 2.06. The first kappa shape index (κ1) is 17.1. The summed E-state index contributed by atoms with van der Waals surface area (Å²) < 4.78 is 1.78. The summed E-state index contributed by atoms with van der Waals surface area (Å²) in [6.45, 7) is 4.69. The molecule has 3 aromatic rings. The van der Waals surface area contributed by atoms with Crippen molar-refractivity contribution in [3.05, 3.63) is 69.8 Å². The SMILES string of the molecule is CCc1ccc(Cn2nccc2NC(=O)/C=C/c2csc(C)n2)cc1. The van der Waals surface area contributed by atoms with E-state index >= 15 is 0 Å². The molecule has 2 aromatic heterocycles. The maximum absolute atomic E-state index is 12.1. The van der Waals surface area contributed by atoms with E-state index in [-0.39, 0.29) is 5.91 Å². The Labute approximate surface area is 151 Å². The van der Waals surface area contributed by atoms with E-state index in [4.69, 9.17) is 0 Å². The van der Waals surface area contributed by atoms with Crippen molar-refractivity contribution in [1.29, 1.82) is 0 Å². The maximum Gasteiger partial charge on any atom is 0.249 e. The lowest BCUT2D eigenvalue weighted by Crippen LogP contribution is -2.13. The minimum absolute atomic E-state index is 0.200. The Bertz CT molecular complexity index is 877. The van der Waals surface area contributed by atoms with E-state index in [1.807, 2.05) is 12.3 Å². The number of nitrogens with one attached hydrogen (secondary N) is 1. The predicted molar refractivity (Wildman–Crippen MR) is 102 cm³/mol. The van der Waals surface area contributed by atoms with E-state index in [0.29, 0.717) is 12.4 Å². The van der Waals surface area contributed by atoms with Crippen LogP contribution in [-0.2, 0) is 17.8 Å². The van der Waals surface area contributed by atoms with Crippen molar-refractivity contribution in [3.63, 3.8) is 0 Å². The third-order valence-corrected chi connectivity index (χ3v) is 4.57. The van der Waals surface area contributed by atoms with Crippen LogP contribution in [0, 0.1) is 6.92 Å². The fourth-order valence-corrected chi connectivity index (χ4v) is 2.98. The Morgan fingerprint density at radius 1 is 1.24 bits per heavy atom. The van der Waals surface area contributed by atoms with E-state index in [1.165, 1.54) is 11.6 Å². The lowest BCUT2D eigenvalue weighted by molar-refractivity contribution is -0.111. The Hall–Kier alpha value is -2.73. The van der Waals surface area contributed by atoms with Gasteiger partial charge in [-0.2, -0.15) is 5.10 Å². The van der Waals surface area contributed by atoms with Gasteiger partial charge in [0.25, 0.3) is 0 Å². The molecule has 0 bridgehead atoms. The molecule has 3 rings (SSSR count). The van der Waals surface area contributed by atoms with Gasteiger partial charge in [0.05, 0.1) is 23.4 Å². The van der Waals surface area contributed by atoms with Crippen LogP contribution >= 0.6 is 11.3 Å². The molecule has 0 saturated heterocycles. The number of benzene rings is 1. The minimum atomic E-state index is -0.200. The summed E-state index contributed by atoms with van der Waals surface area (Å²) in [5.74, 6) is 0.470. The summed E-state index contributed by atoms with van der Waals surface area (Å²) in [6.07, 6.45) is 5.91. The smallest absolute Gasteiger partial charge is 0.249 e. The number of amides is 1. The standard InChI is InChI=1S/C19H20N4OS/c1-3-15-4-6-16(7-5-15)12-23-18(10-11-20-23)22-19(24)9-8-17-13-25-14(2)21-17/h4-11,13H,3,12H2,1-2H3,(H,22,24)/b9-8+. The van der Waals surface area contributed by atoms with Crippen molar-refractivity contribution in [2.24, 2.45) is 0 Å². The van der Waals surface area contributed by atoms with Gasteiger partial charge >= 0.3 is 0 Å². The van der Waals surface area contributed by atoms with Crippen LogP contribution in [0.1, 0.15) is 28.8 Å². The van der Waals surface area contributed by atoms with Gasteiger partial charge in [-0.25, -0.2) is 9.67 Å². The number of nitrogens with zero attached hydrogens (tertiary/aromatic N) is 3. The lowest BCUT2D eigenvalue weighted by Gasteiger charge is -2.08. The average Bonchev–Trinajstić information content (AvgIpc) is 3.23. The number of rotatable bonds is 6. The van der Waals surface area contributed by atoms with Crippen LogP contribution in [-0.4, -0.2) is 20.7 Å². The van der Waals surface area contributed by atoms with Gasteiger partial charge in [-0.05, 0) is 30.5 Å². The third-order valence-electron chi connectivity index (χ3n) is 3.77. The second-order valence-corrected chi connectivity index (χ2v) is 6.72. The van der Waals surface area contributed by atoms with Crippen molar-refractivity contribution < 1.29 is 4.79 Å². The van der Waals surface area contributed by atoms with E-state index in [0.717, 1.165) is 22.7 Å². The second kappa shape index (κ2) is 7.90. The molecular weight excluding hydrogens is 332 g/mol. The fraction of sp³-hybridized carbons (Fsp3) is 0.211. The van der Waals surface area contributed by atoms with E-state index < -0.39 is 0 Å². The highest BCUT2D eigenvalue weighted by atomic mass is 32.1. The number of carbonyl (C=O) groups excluding carboxylic acids is 1. The molecule has 2 heterocycles. The van der Waals surface area contributed by atoms with E-state index in [9.17, 15) is 4.79 Å². The van der Waals surface area contributed by atoms with Crippen molar-refractivity contribution >= 4 is 29.1 Å². The van der Waals surface area contributed by atoms with E-state index in [2.05, 4.69) is 46.6 Å². The molecule has 0 radical (unpaired) electrons. The zero-order chi connectivity index (χ0) is 17.6. The Kier molecular flexibility index (Phi) is 5.40. The molecule has 5 nitrogen and oxygen atoms in total. The van der Waals surface area contributed by atoms with Gasteiger partial charge in [-0.15, -0.1) is 11.3 Å². The first-order valence-electron chi connectivity index (χ1n) is 8.15. The number of hydrogen-bond donors (Lipinski definition) is 1. The molecule has 0 fully saturated rings. The molecule has 0 atom stereocenters. The number of carbonyl (C=O) groups is 1. The summed E-state index contributed by atoms with van der Waals surface area (Å²) in [6, 6.07) is 10.2. The van der Waals surface area contributed by atoms with Crippen LogP contribution < -0.4 is 5.32 Å². The molecule has 0 aliphatic heterocycles. The van der Waals surface area contributed by atoms with Crippen LogP contribution in [0.25, 0.3) is 6.08 Å². The van der Waals surface area contributed by atoms with Crippen LogP contribution in [0.2, 0.25) is 0 Å². The highest BCUT2D eigenvalue weighted by Crippen LogP contribution is 2.13. The Morgan fingerprint density at radius 2 is 2.00 bits per heavy atom. The van der Waals surface area contributed by atoms with Crippen molar-refractivity contribution in [2.45, 2.75) is 26.8 Å². The number of hydrogen-bond acceptors (Lipinski definition) is 4. The Balaban J connectivity index is 1.64. The zero-order valence-electron chi connectivity index (χ0n) is 14.3. The zero-order valence-corrected chi connectivity index (χ0v) is 15.1. The summed E-state index contributed by atoms with van der Waals surface area (Å²) in [5.41, 5.74) is 3.24. The molecule has 0 saturated carbocycles. The quantitative estimate of drug-likeness (QED) is 0.684. The van der Waals surface area contributed by atoms with Crippen LogP contribution in [0.3, 0.4) is 0 Å². The number of anilines is 1. The summed E-state index contributed by atoms with van der Waals surface area (Å²) >= 11 is 1.56. The average molecular weight is 352 g/mol. The first-order chi connectivity index (χ1) is 12.1. The minimum Gasteiger partial charge on any atom is -0.307 e. The molecule has 0 aliphatic carbocycles. The monoisotopic (exact) mass is 352 g/mol. The van der Waals surface area contributed by atoms with Gasteiger partial charge in [-0.3, -0.25) is 4.79 Å². The van der Waals surface area contributed by atoms with E-state index in [1.54, 1.807) is 34.4 Å². The summed E-state index contributed by atoms with van der Waals surface area (Å²) in [5, 5.41) is 10.1. The van der Waals surface area contributed by atoms with Gasteiger partial charge in [0.15, 0.2) is 0 Å². The van der Waals surface area contributed by atoms with Crippen LogP contribution in [0.4, 0.5) is 5.82 Å². The molecule has 25 heavy (non-hydrogen) atoms. The van der Waals surface area contributed by atoms with Gasteiger partial charge in [0, 0.05) is 17.5 Å². The molecule has 0 unspecified atom stereocenters. The second-order valence-electron chi connectivity index (χ2n) is 5.66. The molecule has 128 valence electrons. The Morgan fingerprint density at radius 3 is 2.68 bits per heavy atom. The molecular formula is C19H20N4OS. The normalized spacial score (nSPS) is 11.1. The maximum atomic E-state index is 12.1. The van der Waals surface area contributed by atoms with Gasteiger partial charge < -0.3 is 5.32 Å². The third kappa shape index (κ3) is 4.64. The van der Waals surface area contributed by atoms with Gasteiger partial charge in [0.1, 0.15) is 5.82 Å². The van der Waals surface area contributed by atoms with Crippen molar-refractivity contribution in [1.82, 2.24) is 14.8 Å². The number of aromatic nitrogens is 3. The molecule has 1 aromatic carbocycles.